The molecule has 0 aliphatic heterocycles. The Kier molecular flexibility index (Phi) is 5.10. The summed E-state index contributed by atoms with van der Waals surface area (Å²) in [5, 5.41) is 3.64. The Morgan fingerprint density at radius 3 is 2.35 bits per heavy atom. The van der Waals surface area contributed by atoms with Gasteiger partial charge < -0.3 is 4.74 Å². The lowest BCUT2D eigenvalue weighted by atomic mass is 10.1. The number of hydroxylamine groups is 2. The Labute approximate surface area is 118 Å². The molecule has 6 nitrogen and oxygen atoms in total. The van der Waals surface area contributed by atoms with Gasteiger partial charge in [0.1, 0.15) is 5.60 Å². The lowest BCUT2D eigenvalue weighted by Gasteiger charge is -2.21. The average Bonchev–Trinajstić information content (AvgIpc) is 2.35. The number of nitrogens with zero attached hydrogens (tertiary/aromatic N) is 1. The molecular formula is C14H20N2O4. The maximum Gasteiger partial charge on any atom is 0.412 e. The molecule has 0 aliphatic rings. The SMILES string of the molecule is CON(C)C(=O)c1ccccc1NC(=O)OC(C)(C)C. The third-order valence-corrected chi connectivity index (χ3v) is 2.35. The molecule has 0 spiro atoms. The zero-order valence-corrected chi connectivity index (χ0v) is 12.4. The second-order valence-electron chi connectivity index (χ2n) is 5.16. The fourth-order valence-electron chi connectivity index (χ4n) is 1.44. The highest BCUT2D eigenvalue weighted by Gasteiger charge is 2.20. The van der Waals surface area contributed by atoms with Crippen molar-refractivity contribution in [2.45, 2.75) is 26.4 Å². The van der Waals surface area contributed by atoms with E-state index in [4.69, 9.17) is 9.57 Å². The Hall–Kier alpha value is -2.08. The van der Waals surface area contributed by atoms with Gasteiger partial charge in [-0.1, -0.05) is 12.1 Å². The van der Waals surface area contributed by atoms with Gasteiger partial charge in [0, 0.05) is 7.05 Å². The summed E-state index contributed by atoms with van der Waals surface area (Å²) in [7, 11) is 2.88. The van der Waals surface area contributed by atoms with E-state index in [0.717, 1.165) is 5.06 Å². The van der Waals surface area contributed by atoms with Gasteiger partial charge in [-0.2, -0.15) is 0 Å². The van der Waals surface area contributed by atoms with Crippen LogP contribution in [0.4, 0.5) is 10.5 Å². The lowest BCUT2D eigenvalue weighted by molar-refractivity contribution is -0.0756. The number of hydrogen-bond acceptors (Lipinski definition) is 4. The number of ether oxygens (including phenoxy) is 1. The Bertz CT molecular complexity index is 494. The number of nitrogens with one attached hydrogen (secondary N) is 1. The molecule has 1 aromatic rings. The minimum Gasteiger partial charge on any atom is -0.444 e. The fourth-order valence-corrected chi connectivity index (χ4v) is 1.44. The highest BCUT2D eigenvalue weighted by atomic mass is 16.7. The molecule has 6 heteroatoms. The van der Waals surface area contributed by atoms with Gasteiger partial charge in [0.2, 0.25) is 0 Å². The number of anilines is 1. The maximum atomic E-state index is 12.1. The molecule has 1 rings (SSSR count). The Balaban J connectivity index is 2.91. The molecule has 1 aromatic carbocycles. The summed E-state index contributed by atoms with van der Waals surface area (Å²) in [4.78, 5) is 28.7. The van der Waals surface area contributed by atoms with Gasteiger partial charge in [0.05, 0.1) is 18.4 Å². The summed E-state index contributed by atoms with van der Waals surface area (Å²) in [5.41, 5.74) is 0.0881. The first-order chi connectivity index (χ1) is 9.24. The van der Waals surface area contributed by atoms with Gasteiger partial charge in [-0.25, -0.2) is 9.86 Å². The van der Waals surface area contributed by atoms with E-state index in [1.807, 2.05) is 0 Å². The molecule has 0 saturated heterocycles. The van der Waals surface area contributed by atoms with E-state index in [0.29, 0.717) is 11.3 Å². The van der Waals surface area contributed by atoms with Crippen molar-refractivity contribution in [1.29, 1.82) is 0 Å². The topological polar surface area (TPSA) is 67.9 Å². The zero-order valence-electron chi connectivity index (χ0n) is 12.4. The van der Waals surface area contributed by atoms with Crippen LogP contribution >= 0.6 is 0 Å². The maximum absolute atomic E-state index is 12.1. The summed E-state index contributed by atoms with van der Waals surface area (Å²) in [6.07, 6.45) is -0.613. The smallest absolute Gasteiger partial charge is 0.412 e. The average molecular weight is 280 g/mol. The second kappa shape index (κ2) is 6.38. The molecule has 0 fully saturated rings. The third kappa shape index (κ3) is 4.55. The van der Waals surface area contributed by atoms with Crippen molar-refractivity contribution in [3.8, 4) is 0 Å². The number of rotatable bonds is 3. The van der Waals surface area contributed by atoms with Gasteiger partial charge in [-0.15, -0.1) is 0 Å². The molecule has 0 heterocycles. The summed E-state index contributed by atoms with van der Waals surface area (Å²) >= 11 is 0. The molecule has 1 N–H and O–H groups in total. The second-order valence-corrected chi connectivity index (χ2v) is 5.16. The molecule has 0 unspecified atom stereocenters. The number of benzene rings is 1. The monoisotopic (exact) mass is 280 g/mol. The van der Waals surface area contributed by atoms with Crippen LogP contribution in [0.25, 0.3) is 0 Å². The Morgan fingerprint density at radius 2 is 1.80 bits per heavy atom. The van der Waals surface area contributed by atoms with Crippen LogP contribution in [0.5, 0.6) is 0 Å². The third-order valence-electron chi connectivity index (χ3n) is 2.35. The lowest BCUT2D eigenvalue weighted by Crippen LogP contribution is -2.29. The molecule has 2 amide bonds. The van der Waals surface area contributed by atoms with Crippen molar-refractivity contribution in [2.75, 3.05) is 19.5 Å². The predicted octanol–water partition coefficient (Wildman–Crippen LogP) is 2.67. The van der Waals surface area contributed by atoms with E-state index < -0.39 is 11.7 Å². The van der Waals surface area contributed by atoms with Crippen LogP contribution in [0.15, 0.2) is 24.3 Å². The number of hydrogen-bond donors (Lipinski definition) is 1. The molecule has 0 aromatic heterocycles. The molecule has 0 aliphatic carbocycles. The minimum absolute atomic E-state index is 0.322. The van der Waals surface area contributed by atoms with Crippen LogP contribution < -0.4 is 5.32 Å². The molecule has 0 atom stereocenters. The number of carbonyl (C=O) groups excluding carboxylic acids is 2. The minimum atomic E-state index is -0.613. The van der Waals surface area contributed by atoms with Gasteiger partial charge in [0.25, 0.3) is 5.91 Å². The van der Waals surface area contributed by atoms with Crippen LogP contribution in [-0.4, -0.2) is 36.8 Å². The van der Waals surface area contributed by atoms with Gasteiger partial charge in [-0.05, 0) is 32.9 Å². The molecule has 0 saturated carbocycles. The quantitative estimate of drug-likeness (QED) is 0.864. The molecule has 0 bridgehead atoms. The van der Waals surface area contributed by atoms with Crippen LogP contribution in [0.3, 0.4) is 0 Å². The first-order valence-corrected chi connectivity index (χ1v) is 6.16. The number of amides is 2. The van der Waals surface area contributed by atoms with Crippen LogP contribution in [0, 0.1) is 0 Å². The van der Waals surface area contributed by atoms with Crippen molar-refractivity contribution in [1.82, 2.24) is 5.06 Å². The summed E-state index contributed by atoms with van der Waals surface area (Å²) in [6, 6.07) is 6.65. The van der Waals surface area contributed by atoms with E-state index >= 15 is 0 Å². The largest absolute Gasteiger partial charge is 0.444 e. The Morgan fingerprint density at radius 1 is 1.20 bits per heavy atom. The van der Waals surface area contributed by atoms with Crippen molar-refractivity contribution >= 4 is 17.7 Å². The first-order valence-electron chi connectivity index (χ1n) is 6.16. The molecule has 0 radical (unpaired) electrons. The zero-order chi connectivity index (χ0) is 15.3. The molecule has 20 heavy (non-hydrogen) atoms. The van der Waals surface area contributed by atoms with Crippen molar-refractivity contribution < 1.29 is 19.2 Å². The van der Waals surface area contributed by atoms with Crippen molar-refractivity contribution in [3.63, 3.8) is 0 Å². The van der Waals surface area contributed by atoms with E-state index in [-0.39, 0.29) is 5.91 Å². The summed E-state index contributed by atoms with van der Waals surface area (Å²) < 4.78 is 5.16. The van der Waals surface area contributed by atoms with Gasteiger partial charge in [-0.3, -0.25) is 14.9 Å². The van der Waals surface area contributed by atoms with Crippen LogP contribution in [0.2, 0.25) is 0 Å². The standard InChI is InChI=1S/C14H20N2O4/c1-14(2,3)20-13(18)15-11-9-7-6-8-10(11)12(17)16(4)19-5/h6-9H,1-5H3,(H,15,18). The summed E-state index contributed by atoms with van der Waals surface area (Å²) in [6.45, 7) is 5.30. The van der Waals surface area contributed by atoms with E-state index in [1.165, 1.54) is 14.2 Å². The van der Waals surface area contributed by atoms with Gasteiger partial charge in [0.15, 0.2) is 0 Å². The van der Waals surface area contributed by atoms with Crippen molar-refractivity contribution in [3.05, 3.63) is 29.8 Å². The fraction of sp³-hybridized carbons (Fsp3) is 0.429. The number of para-hydroxylation sites is 1. The van der Waals surface area contributed by atoms with Gasteiger partial charge >= 0.3 is 6.09 Å². The molecular weight excluding hydrogens is 260 g/mol. The summed E-state index contributed by atoms with van der Waals surface area (Å²) in [5.74, 6) is -0.362. The normalized spacial score (nSPS) is 10.8. The van der Waals surface area contributed by atoms with E-state index in [2.05, 4.69) is 5.32 Å². The van der Waals surface area contributed by atoms with Crippen LogP contribution in [-0.2, 0) is 9.57 Å². The molecule has 110 valence electrons. The number of carbonyl (C=O) groups is 2. The predicted molar refractivity (Wildman–Crippen MR) is 75.4 cm³/mol. The van der Waals surface area contributed by atoms with Crippen molar-refractivity contribution in [2.24, 2.45) is 0 Å². The highest BCUT2D eigenvalue weighted by Crippen LogP contribution is 2.18. The highest BCUT2D eigenvalue weighted by molar-refractivity contribution is 6.02. The first kappa shape index (κ1) is 16.0. The van der Waals surface area contributed by atoms with E-state index in [1.54, 1.807) is 45.0 Å². The van der Waals surface area contributed by atoms with E-state index in [9.17, 15) is 9.59 Å². The van der Waals surface area contributed by atoms with Crippen LogP contribution in [0.1, 0.15) is 31.1 Å².